The molecule has 2 amide bonds. The summed E-state index contributed by atoms with van der Waals surface area (Å²) in [5.41, 5.74) is 0. The molecule has 0 bridgehead atoms. The second-order valence-corrected chi connectivity index (χ2v) is 7.12. The molecule has 6 heteroatoms. The van der Waals surface area contributed by atoms with Gasteiger partial charge in [0.2, 0.25) is 11.8 Å². The molecular weight excluding hydrogens is 340 g/mol. The van der Waals surface area contributed by atoms with E-state index in [1.54, 1.807) is 6.07 Å². The number of ether oxygens (including phenoxy) is 1. The number of carbonyl (C=O) groups excluding carboxylic acids is 2. The third kappa shape index (κ3) is 5.11. The van der Waals surface area contributed by atoms with Gasteiger partial charge in [0.1, 0.15) is 5.75 Å². The molecule has 1 aromatic rings. The first-order chi connectivity index (χ1) is 12.1. The molecule has 0 N–H and O–H groups in total. The van der Waals surface area contributed by atoms with E-state index >= 15 is 0 Å². The third-order valence-electron chi connectivity index (χ3n) is 4.72. The molecule has 1 saturated heterocycles. The zero-order valence-corrected chi connectivity index (χ0v) is 15.2. The van der Waals surface area contributed by atoms with Crippen LogP contribution < -0.4 is 4.74 Å². The first-order valence-corrected chi connectivity index (χ1v) is 9.47. The Bertz CT molecular complexity index is 618. The van der Waals surface area contributed by atoms with E-state index in [0.717, 1.165) is 32.4 Å². The lowest BCUT2D eigenvalue weighted by molar-refractivity contribution is -0.134. The molecule has 0 atom stereocenters. The normalized spacial score (nSPS) is 18.0. The van der Waals surface area contributed by atoms with E-state index in [2.05, 4.69) is 0 Å². The predicted octanol–water partition coefficient (Wildman–Crippen LogP) is 2.97. The Kier molecular flexibility index (Phi) is 6.19. The summed E-state index contributed by atoms with van der Waals surface area (Å²) in [7, 11) is 0. The van der Waals surface area contributed by atoms with Crippen LogP contribution in [0.15, 0.2) is 24.3 Å². The molecule has 3 rings (SSSR count). The van der Waals surface area contributed by atoms with E-state index < -0.39 is 0 Å². The number of hydrogen-bond acceptors (Lipinski definition) is 3. The fraction of sp³-hybridized carbons (Fsp3) is 0.579. The molecular formula is C19H25ClN2O3. The van der Waals surface area contributed by atoms with Crippen molar-refractivity contribution in [2.24, 2.45) is 5.92 Å². The minimum atomic E-state index is 0.142. The van der Waals surface area contributed by atoms with E-state index in [1.807, 2.05) is 28.0 Å². The summed E-state index contributed by atoms with van der Waals surface area (Å²) in [4.78, 5) is 28.4. The summed E-state index contributed by atoms with van der Waals surface area (Å²) >= 11 is 6.04. The Labute approximate surface area is 153 Å². The van der Waals surface area contributed by atoms with Crippen LogP contribution in [-0.2, 0) is 9.59 Å². The van der Waals surface area contributed by atoms with Crippen molar-refractivity contribution in [2.75, 3.05) is 32.8 Å². The zero-order chi connectivity index (χ0) is 17.6. The topological polar surface area (TPSA) is 49.9 Å². The lowest BCUT2D eigenvalue weighted by Crippen LogP contribution is -2.38. The Morgan fingerprint density at radius 3 is 2.56 bits per heavy atom. The van der Waals surface area contributed by atoms with Crippen LogP contribution in [0.1, 0.15) is 32.1 Å². The van der Waals surface area contributed by atoms with Gasteiger partial charge in [0, 0.05) is 38.5 Å². The van der Waals surface area contributed by atoms with E-state index in [-0.39, 0.29) is 17.7 Å². The quantitative estimate of drug-likeness (QED) is 0.729. The van der Waals surface area contributed by atoms with Gasteiger partial charge < -0.3 is 14.5 Å². The first kappa shape index (κ1) is 18.1. The van der Waals surface area contributed by atoms with Gasteiger partial charge in [-0.05, 0) is 37.8 Å². The van der Waals surface area contributed by atoms with E-state index in [1.165, 1.54) is 0 Å². The Balaban J connectivity index is 1.38. The number of nitrogens with zero attached hydrogens (tertiary/aromatic N) is 2. The zero-order valence-electron chi connectivity index (χ0n) is 14.5. The van der Waals surface area contributed by atoms with Crippen LogP contribution in [0.4, 0.5) is 0 Å². The van der Waals surface area contributed by atoms with Gasteiger partial charge in [-0.15, -0.1) is 0 Å². The predicted molar refractivity (Wildman–Crippen MR) is 96.7 cm³/mol. The summed E-state index contributed by atoms with van der Waals surface area (Å²) in [6, 6.07) is 7.34. The SMILES string of the molecule is O=C(CCCOc1ccccc1Cl)N1CCCN(C(=O)C2CC2)CC1. The number of halogens is 1. The highest BCUT2D eigenvalue weighted by Crippen LogP contribution is 2.31. The smallest absolute Gasteiger partial charge is 0.225 e. The van der Waals surface area contributed by atoms with Gasteiger partial charge >= 0.3 is 0 Å². The highest BCUT2D eigenvalue weighted by atomic mass is 35.5. The molecule has 1 aliphatic heterocycles. The Morgan fingerprint density at radius 2 is 1.80 bits per heavy atom. The molecule has 25 heavy (non-hydrogen) atoms. The monoisotopic (exact) mass is 364 g/mol. The maximum Gasteiger partial charge on any atom is 0.225 e. The van der Waals surface area contributed by atoms with Gasteiger partial charge in [-0.2, -0.15) is 0 Å². The number of para-hydroxylation sites is 1. The molecule has 1 aromatic carbocycles. The van der Waals surface area contributed by atoms with Crippen molar-refractivity contribution in [3.05, 3.63) is 29.3 Å². The van der Waals surface area contributed by atoms with Crippen molar-refractivity contribution in [1.82, 2.24) is 9.80 Å². The minimum Gasteiger partial charge on any atom is -0.492 e. The van der Waals surface area contributed by atoms with Crippen molar-refractivity contribution >= 4 is 23.4 Å². The second kappa shape index (κ2) is 8.56. The number of amides is 2. The summed E-state index contributed by atoms with van der Waals surface area (Å²) < 4.78 is 5.63. The number of carbonyl (C=O) groups is 2. The van der Waals surface area contributed by atoms with Crippen LogP contribution >= 0.6 is 11.6 Å². The number of rotatable bonds is 6. The fourth-order valence-electron chi connectivity index (χ4n) is 3.10. The van der Waals surface area contributed by atoms with E-state index in [0.29, 0.717) is 43.3 Å². The van der Waals surface area contributed by atoms with Crippen molar-refractivity contribution in [3.8, 4) is 5.75 Å². The fourth-order valence-corrected chi connectivity index (χ4v) is 3.29. The average Bonchev–Trinajstić information content (AvgIpc) is 3.45. The molecule has 0 spiro atoms. The average molecular weight is 365 g/mol. The van der Waals surface area contributed by atoms with E-state index in [9.17, 15) is 9.59 Å². The van der Waals surface area contributed by atoms with Crippen LogP contribution in [0.5, 0.6) is 5.75 Å². The van der Waals surface area contributed by atoms with Gasteiger partial charge in [-0.25, -0.2) is 0 Å². The van der Waals surface area contributed by atoms with Gasteiger partial charge in [0.15, 0.2) is 0 Å². The van der Waals surface area contributed by atoms with E-state index in [4.69, 9.17) is 16.3 Å². The highest BCUT2D eigenvalue weighted by molar-refractivity contribution is 6.32. The minimum absolute atomic E-state index is 0.142. The molecule has 2 fully saturated rings. The molecule has 1 saturated carbocycles. The van der Waals surface area contributed by atoms with Crippen molar-refractivity contribution in [1.29, 1.82) is 0 Å². The maximum absolute atomic E-state index is 12.4. The summed E-state index contributed by atoms with van der Waals surface area (Å²) in [6.07, 6.45) is 4.04. The number of benzene rings is 1. The molecule has 5 nitrogen and oxygen atoms in total. The molecule has 0 unspecified atom stereocenters. The summed E-state index contributed by atoms with van der Waals surface area (Å²) in [5, 5.41) is 0.585. The largest absolute Gasteiger partial charge is 0.492 e. The van der Waals surface area contributed by atoms with Crippen LogP contribution in [-0.4, -0.2) is 54.4 Å². The van der Waals surface area contributed by atoms with Gasteiger partial charge in [-0.3, -0.25) is 9.59 Å². The van der Waals surface area contributed by atoms with Gasteiger partial charge in [-0.1, -0.05) is 23.7 Å². The van der Waals surface area contributed by atoms with Crippen molar-refractivity contribution in [3.63, 3.8) is 0 Å². The molecule has 136 valence electrons. The third-order valence-corrected chi connectivity index (χ3v) is 5.03. The maximum atomic E-state index is 12.4. The Hall–Kier alpha value is -1.75. The molecule has 0 radical (unpaired) electrons. The van der Waals surface area contributed by atoms with Crippen LogP contribution in [0.3, 0.4) is 0 Å². The number of hydrogen-bond donors (Lipinski definition) is 0. The molecule has 1 heterocycles. The highest BCUT2D eigenvalue weighted by Gasteiger charge is 2.34. The lowest BCUT2D eigenvalue weighted by atomic mass is 10.2. The Morgan fingerprint density at radius 1 is 1.08 bits per heavy atom. The van der Waals surface area contributed by atoms with Crippen molar-refractivity contribution in [2.45, 2.75) is 32.1 Å². The lowest BCUT2D eigenvalue weighted by Gasteiger charge is -2.22. The molecule has 1 aliphatic carbocycles. The van der Waals surface area contributed by atoms with Gasteiger partial charge in [0.25, 0.3) is 0 Å². The standard InChI is InChI=1S/C19H25ClN2O3/c20-16-5-1-2-6-17(16)25-14-3-7-18(23)21-10-4-11-22(13-12-21)19(24)15-8-9-15/h1-2,5-6,15H,3-4,7-14H2. The first-order valence-electron chi connectivity index (χ1n) is 9.09. The second-order valence-electron chi connectivity index (χ2n) is 6.72. The van der Waals surface area contributed by atoms with Crippen LogP contribution in [0.25, 0.3) is 0 Å². The van der Waals surface area contributed by atoms with Crippen molar-refractivity contribution < 1.29 is 14.3 Å². The molecule has 0 aromatic heterocycles. The van der Waals surface area contributed by atoms with Crippen LogP contribution in [0.2, 0.25) is 5.02 Å². The summed E-state index contributed by atoms with van der Waals surface area (Å²) in [5.74, 6) is 1.33. The molecule has 2 aliphatic rings. The summed E-state index contributed by atoms with van der Waals surface area (Å²) in [6.45, 7) is 3.28. The van der Waals surface area contributed by atoms with Gasteiger partial charge in [0.05, 0.1) is 11.6 Å². The van der Waals surface area contributed by atoms with Crippen LogP contribution in [0, 0.1) is 5.92 Å².